The molecule has 0 spiro atoms. The van der Waals surface area contributed by atoms with Crippen LogP contribution < -0.4 is 0 Å². The van der Waals surface area contributed by atoms with Crippen molar-refractivity contribution in [3.8, 4) is 0 Å². The normalized spacial score (nSPS) is 19.7. The molecular formula is C12H17N3O3. The van der Waals surface area contributed by atoms with E-state index in [0.29, 0.717) is 18.8 Å². The molecule has 2 heterocycles. The number of carbonyl (C=O) groups is 2. The van der Waals surface area contributed by atoms with Gasteiger partial charge in [-0.2, -0.15) is 5.10 Å². The van der Waals surface area contributed by atoms with Crippen LogP contribution in [0.25, 0.3) is 0 Å². The van der Waals surface area contributed by atoms with Gasteiger partial charge in [-0.15, -0.1) is 0 Å². The van der Waals surface area contributed by atoms with E-state index in [2.05, 4.69) is 5.10 Å². The third-order valence-electron chi connectivity index (χ3n) is 3.28. The second-order valence-electron chi connectivity index (χ2n) is 4.45. The number of hydrogen-bond donors (Lipinski definition) is 0. The van der Waals surface area contributed by atoms with Crippen LogP contribution >= 0.6 is 0 Å². The number of ether oxygens (including phenoxy) is 1. The third kappa shape index (κ3) is 2.37. The van der Waals surface area contributed by atoms with Crippen molar-refractivity contribution < 1.29 is 14.3 Å². The van der Waals surface area contributed by atoms with E-state index in [9.17, 15) is 9.59 Å². The molecule has 0 aromatic carbocycles. The number of amides is 1. The maximum atomic E-state index is 12.3. The lowest BCUT2D eigenvalue weighted by Crippen LogP contribution is -2.43. The number of aryl methyl sites for hydroxylation is 1. The molecule has 1 aliphatic rings. The van der Waals surface area contributed by atoms with Crippen LogP contribution in [-0.2, 0) is 16.6 Å². The van der Waals surface area contributed by atoms with Gasteiger partial charge in [0.1, 0.15) is 5.69 Å². The monoisotopic (exact) mass is 251 g/mol. The Kier molecular flexibility index (Phi) is 3.64. The Morgan fingerprint density at radius 3 is 2.89 bits per heavy atom. The van der Waals surface area contributed by atoms with Crippen molar-refractivity contribution in [1.82, 2.24) is 14.7 Å². The summed E-state index contributed by atoms with van der Waals surface area (Å²) in [6, 6.07) is 1.68. The van der Waals surface area contributed by atoms with E-state index in [1.54, 1.807) is 28.9 Å². The summed E-state index contributed by atoms with van der Waals surface area (Å²) in [7, 11) is 3.11. The van der Waals surface area contributed by atoms with Crippen LogP contribution in [-0.4, -0.2) is 46.8 Å². The summed E-state index contributed by atoms with van der Waals surface area (Å²) >= 11 is 0. The Morgan fingerprint density at radius 1 is 1.50 bits per heavy atom. The highest BCUT2D eigenvalue weighted by molar-refractivity contribution is 5.92. The van der Waals surface area contributed by atoms with Gasteiger partial charge in [0.15, 0.2) is 0 Å². The molecule has 2 rings (SSSR count). The van der Waals surface area contributed by atoms with E-state index in [1.807, 2.05) is 0 Å². The highest BCUT2D eigenvalue weighted by Gasteiger charge is 2.30. The molecular weight excluding hydrogens is 234 g/mol. The van der Waals surface area contributed by atoms with Gasteiger partial charge in [0, 0.05) is 26.3 Å². The lowest BCUT2D eigenvalue weighted by Gasteiger charge is -2.31. The zero-order valence-electron chi connectivity index (χ0n) is 10.6. The van der Waals surface area contributed by atoms with Gasteiger partial charge in [-0.05, 0) is 18.9 Å². The van der Waals surface area contributed by atoms with Gasteiger partial charge in [-0.1, -0.05) is 0 Å². The van der Waals surface area contributed by atoms with Gasteiger partial charge < -0.3 is 9.64 Å². The molecule has 0 N–H and O–H groups in total. The Hall–Kier alpha value is -1.85. The van der Waals surface area contributed by atoms with Crippen molar-refractivity contribution in [3.05, 3.63) is 18.0 Å². The Bertz CT molecular complexity index is 455. The standard InChI is InChI=1S/C12H17N3O3/c1-14-10(5-6-13-14)11(16)15-7-3-4-9(8-15)12(17)18-2/h5-6,9H,3-4,7-8H2,1-2H3. The number of nitrogens with zero attached hydrogens (tertiary/aromatic N) is 3. The van der Waals surface area contributed by atoms with Gasteiger partial charge in [0.25, 0.3) is 5.91 Å². The van der Waals surface area contributed by atoms with E-state index >= 15 is 0 Å². The number of methoxy groups -OCH3 is 1. The summed E-state index contributed by atoms with van der Waals surface area (Å²) < 4.78 is 6.28. The summed E-state index contributed by atoms with van der Waals surface area (Å²) in [5.41, 5.74) is 0.542. The molecule has 0 radical (unpaired) electrons. The van der Waals surface area contributed by atoms with Gasteiger partial charge in [-0.25, -0.2) is 0 Å². The molecule has 1 aromatic heterocycles. The summed E-state index contributed by atoms with van der Waals surface area (Å²) in [6.45, 7) is 1.11. The van der Waals surface area contributed by atoms with Gasteiger partial charge >= 0.3 is 5.97 Å². The number of piperidine rings is 1. The minimum atomic E-state index is -0.238. The first kappa shape index (κ1) is 12.6. The summed E-state index contributed by atoms with van der Waals surface area (Å²) in [5, 5.41) is 3.98. The van der Waals surface area contributed by atoms with Crippen molar-refractivity contribution in [2.24, 2.45) is 13.0 Å². The van der Waals surface area contributed by atoms with Crippen molar-refractivity contribution in [2.45, 2.75) is 12.8 Å². The summed E-state index contributed by atoms with van der Waals surface area (Å²) in [5.74, 6) is -0.526. The number of likely N-dealkylation sites (tertiary alicyclic amines) is 1. The van der Waals surface area contributed by atoms with Crippen molar-refractivity contribution >= 4 is 11.9 Å². The molecule has 98 valence electrons. The van der Waals surface area contributed by atoms with Crippen LogP contribution in [0.3, 0.4) is 0 Å². The topological polar surface area (TPSA) is 64.4 Å². The van der Waals surface area contributed by atoms with E-state index in [-0.39, 0.29) is 17.8 Å². The van der Waals surface area contributed by atoms with Crippen LogP contribution in [0.5, 0.6) is 0 Å². The Labute approximate surface area is 106 Å². The molecule has 1 saturated heterocycles. The maximum absolute atomic E-state index is 12.3. The molecule has 1 amide bonds. The molecule has 6 heteroatoms. The summed E-state index contributed by atoms with van der Waals surface area (Å²) in [6.07, 6.45) is 3.19. The molecule has 1 aromatic rings. The largest absolute Gasteiger partial charge is 0.469 e. The van der Waals surface area contributed by atoms with Crippen LogP contribution in [0.1, 0.15) is 23.3 Å². The van der Waals surface area contributed by atoms with E-state index in [0.717, 1.165) is 12.8 Å². The summed E-state index contributed by atoms with van der Waals surface area (Å²) in [4.78, 5) is 25.5. The molecule has 0 aliphatic carbocycles. The van der Waals surface area contributed by atoms with Crippen molar-refractivity contribution in [2.75, 3.05) is 20.2 Å². The second kappa shape index (κ2) is 5.20. The molecule has 1 unspecified atom stereocenters. The quantitative estimate of drug-likeness (QED) is 0.716. The van der Waals surface area contributed by atoms with Gasteiger partial charge in [-0.3, -0.25) is 14.3 Å². The fourth-order valence-electron chi connectivity index (χ4n) is 2.27. The maximum Gasteiger partial charge on any atom is 0.310 e. The van der Waals surface area contributed by atoms with Crippen molar-refractivity contribution in [3.63, 3.8) is 0 Å². The minimum absolute atomic E-state index is 0.0800. The number of aromatic nitrogens is 2. The van der Waals surface area contributed by atoms with E-state index < -0.39 is 0 Å². The van der Waals surface area contributed by atoms with Crippen molar-refractivity contribution in [1.29, 1.82) is 0 Å². The average Bonchev–Trinajstić information content (AvgIpc) is 2.83. The SMILES string of the molecule is COC(=O)C1CCCN(C(=O)c2ccnn2C)C1. The lowest BCUT2D eigenvalue weighted by atomic mass is 9.98. The molecule has 1 aliphatic heterocycles. The first-order valence-corrected chi connectivity index (χ1v) is 5.98. The Morgan fingerprint density at radius 2 is 2.28 bits per heavy atom. The number of esters is 1. The third-order valence-corrected chi connectivity index (χ3v) is 3.28. The molecule has 1 fully saturated rings. The fraction of sp³-hybridized carbons (Fsp3) is 0.583. The predicted molar refractivity (Wildman–Crippen MR) is 63.9 cm³/mol. The zero-order chi connectivity index (χ0) is 13.1. The number of rotatable bonds is 2. The number of hydrogen-bond acceptors (Lipinski definition) is 4. The van der Waals surface area contributed by atoms with Crippen LogP contribution in [0.2, 0.25) is 0 Å². The predicted octanol–water partition coefficient (Wildman–Crippen LogP) is 0.445. The van der Waals surface area contributed by atoms with Crippen LogP contribution in [0.4, 0.5) is 0 Å². The molecule has 6 nitrogen and oxygen atoms in total. The highest BCUT2D eigenvalue weighted by atomic mass is 16.5. The first-order valence-electron chi connectivity index (χ1n) is 5.98. The molecule has 0 saturated carbocycles. The van der Waals surface area contributed by atoms with Gasteiger partial charge in [0.2, 0.25) is 0 Å². The minimum Gasteiger partial charge on any atom is -0.469 e. The van der Waals surface area contributed by atoms with Crippen LogP contribution in [0, 0.1) is 5.92 Å². The average molecular weight is 251 g/mol. The first-order chi connectivity index (χ1) is 8.63. The highest BCUT2D eigenvalue weighted by Crippen LogP contribution is 2.19. The molecule has 0 bridgehead atoms. The molecule has 18 heavy (non-hydrogen) atoms. The van der Waals surface area contributed by atoms with Crippen LogP contribution in [0.15, 0.2) is 12.3 Å². The fourth-order valence-corrected chi connectivity index (χ4v) is 2.27. The van der Waals surface area contributed by atoms with Gasteiger partial charge in [0.05, 0.1) is 13.0 Å². The smallest absolute Gasteiger partial charge is 0.310 e. The zero-order valence-corrected chi connectivity index (χ0v) is 10.6. The van der Waals surface area contributed by atoms with E-state index in [4.69, 9.17) is 4.74 Å². The Balaban J connectivity index is 2.07. The van der Waals surface area contributed by atoms with E-state index in [1.165, 1.54) is 7.11 Å². The number of carbonyl (C=O) groups excluding carboxylic acids is 2. The molecule has 1 atom stereocenters. The second-order valence-corrected chi connectivity index (χ2v) is 4.45. The lowest BCUT2D eigenvalue weighted by molar-refractivity contribution is -0.146.